The largest absolute Gasteiger partial charge is 0.497 e. The van der Waals surface area contributed by atoms with Gasteiger partial charge in [-0.3, -0.25) is 0 Å². The maximum absolute atomic E-state index is 11.9. The molecule has 0 N–H and O–H groups in total. The van der Waals surface area contributed by atoms with Gasteiger partial charge in [-0.15, -0.1) is 11.3 Å². The number of hydrogen-bond donors (Lipinski definition) is 0. The van der Waals surface area contributed by atoms with Gasteiger partial charge in [0.2, 0.25) is 0 Å². The highest BCUT2D eigenvalue weighted by Crippen LogP contribution is 2.26. The van der Waals surface area contributed by atoms with Crippen LogP contribution in [0.25, 0.3) is 10.6 Å². The fourth-order valence-corrected chi connectivity index (χ4v) is 3.19. The molecule has 7 heteroatoms. The van der Waals surface area contributed by atoms with E-state index in [1.54, 1.807) is 31.4 Å². The summed E-state index contributed by atoms with van der Waals surface area (Å²) in [6.07, 6.45) is 0. The van der Waals surface area contributed by atoms with Crippen molar-refractivity contribution in [2.45, 2.75) is 13.5 Å². The highest BCUT2D eigenvalue weighted by Gasteiger charge is 2.09. The SMILES string of the molecule is CCOc1ccc(OCC(=O)OCc2csc(-c3ccc(OC)cc3)n2)cc1. The molecular weight excluding hydrogens is 378 g/mol. The van der Waals surface area contributed by atoms with Crippen LogP contribution in [-0.2, 0) is 16.1 Å². The quantitative estimate of drug-likeness (QED) is 0.499. The van der Waals surface area contributed by atoms with E-state index in [0.717, 1.165) is 22.1 Å². The molecule has 0 bridgehead atoms. The van der Waals surface area contributed by atoms with Gasteiger partial charge in [-0.1, -0.05) is 0 Å². The van der Waals surface area contributed by atoms with Crippen LogP contribution in [0.2, 0.25) is 0 Å². The lowest BCUT2D eigenvalue weighted by Crippen LogP contribution is -2.14. The van der Waals surface area contributed by atoms with Crippen LogP contribution in [0.1, 0.15) is 12.6 Å². The van der Waals surface area contributed by atoms with Gasteiger partial charge in [-0.25, -0.2) is 9.78 Å². The van der Waals surface area contributed by atoms with E-state index in [1.807, 2.05) is 36.6 Å². The fraction of sp³-hybridized carbons (Fsp3) is 0.238. The first kappa shape index (κ1) is 19.7. The maximum Gasteiger partial charge on any atom is 0.344 e. The molecule has 0 spiro atoms. The van der Waals surface area contributed by atoms with Crippen molar-refractivity contribution in [1.82, 2.24) is 4.98 Å². The van der Waals surface area contributed by atoms with Gasteiger partial charge in [0.1, 0.15) is 28.9 Å². The van der Waals surface area contributed by atoms with Crippen LogP contribution in [0.4, 0.5) is 0 Å². The molecule has 146 valence electrons. The summed E-state index contributed by atoms with van der Waals surface area (Å²) in [5.74, 6) is 1.68. The summed E-state index contributed by atoms with van der Waals surface area (Å²) >= 11 is 1.50. The second-order valence-electron chi connectivity index (χ2n) is 5.73. The molecule has 0 atom stereocenters. The minimum atomic E-state index is -0.451. The third-order valence-corrected chi connectivity index (χ3v) is 4.70. The summed E-state index contributed by atoms with van der Waals surface area (Å²) in [6, 6.07) is 14.7. The van der Waals surface area contributed by atoms with Crippen molar-refractivity contribution < 1.29 is 23.7 Å². The molecule has 2 aromatic carbocycles. The number of carbonyl (C=O) groups is 1. The molecule has 0 aliphatic heterocycles. The number of nitrogens with zero attached hydrogens (tertiary/aromatic N) is 1. The standard InChI is InChI=1S/C21H21NO5S/c1-3-25-18-8-10-19(11-9-18)26-13-20(23)27-12-16-14-28-21(22-16)15-4-6-17(24-2)7-5-15/h4-11,14H,3,12-13H2,1-2H3. The smallest absolute Gasteiger partial charge is 0.344 e. The minimum Gasteiger partial charge on any atom is -0.497 e. The van der Waals surface area contributed by atoms with E-state index >= 15 is 0 Å². The third kappa shape index (κ3) is 5.47. The van der Waals surface area contributed by atoms with Crippen molar-refractivity contribution in [3.8, 4) is 27.8 Å². The van der Waals surface area contributed by atoms with Crippen LogP contribution in [-0.4, -0.2) is 31.3 Å². The number of benzene rings is 2. The summed E-state index contributed by atoms with van der Waals surface area (Å²) in [7, 11) is 1.63. The summed E-state index contributed by atoms with van der Waals surface area (Å²) in [5.41, 5.74) is 1.69. The molecule has 3 rings (SSSR count). The van der Waals surface area contributed by atoms with Crippen LogP contribution < -0.4 is 14.2 Å². The summed E-state index contributed by atoms with van der Waals surface area (Å²) in [4.78, 5) is 16.4. The van der Waals surface area contributed by atoms with Crippen molar-refractivity contribution in [2.24, 2.45) is 0 Å². The Morgan fingerprint density at radius 1 is 0.964 bits per heavy atom. The van der Waals surface area contributed by atoms with Crippen LogP contribution >= 0.6 is 11.3 Å². The first-order chi connectivity index (χ1) is 13.7. The van der Waals surface area contributed by atoms with E-state index in [-0.39, 0.29) is 13.2 Å². The summed E-state index contributed by atoms with van der Waals surface area (Å²) < 4.78 is 21.2. The Morgan fingerprint density at radius 3 is 2.25 bits per heavy atom. The van der Waals surface area contributed by atoms with Gasteiger partial charge in [0, 0.05) is 10.9 Å². The molecule has 6 nitrogen and oxygen atoms in total. The zero-order chi connectivity index (χ0) is 19.8. The normalized spacial score (nSPS) is 10.4. The average molecular weight is 399 g/mol. The Morgan fingerprint density at radius 2 is 1.61 bits per heavy atom. The molecule has 3 aromatic rings. The van der Waals surface area contributed by atoms with Gasteiger partial charge in [-0.2, -0.15) is 0 Å². The van der Waals surface area contributed by atoms with E-state index in [1.165, 1.54) is 11.3 Å². The van der Waals surface area contributed by atoms with Gasteiger partial charge in [0.05, 0.1) is 19.4 Å². The number of ether oxygens (including phenoxy) is 4. The number of esters is 1. The van der Waals surface area contributed by atoms with Crippen molar-refractivity contribution in [3.05, 3.63) is 59.6 Å². The lowest BCUT2D eigenvalue weighted by Gasteiger charge is -2.07. The molecule has 0 radical (unpaired) electrons. The molecule has 28 heavy (non-hydrogen) atoms. The molecule has 0 aliphatic rings. The topological polar surface area (TPSA) is 66.9 Å². The fourth-order valence-electron chi connectivity index (χ4n) is 2.38. The van der Waals surface area contributed by atoms with E-state index in [0.29, 0.717) is 18.1 Å². The monoisotopic (exact) mass is 399 g/mol. The van der Waals surface area contributed by atoms with Crippen LogP contribution in [0.3, 0.4) is 0 Å². The Balaban J connectivity index is 1.46. The predicted molar refractivity (Wildman–Crippen MR) is 107 cm³/mol. The number of aromatic nitrogens is 1. The molecule has 1 aromatic heterocycles. The van der Waals surface area contributed by atoms with Crippen LogP contribution in [0.5, 0.6) is 17.2 Å². The number of carbonyl (C=O) groups excluding carboxylic acids is 1. The van der Waals surface area contributed by atoms with E-state index in [9.17, 15) is 4.79 Å². The minimum absolute atomic E-state index is 0.109. The van der Waals surface area contributed by atoms with Gasteiger partial charge < -0.3 is 18.9 Å². The average Bonchev–Trinajstić information content (AvgIpc) is 3.21. The van der Waals surface area contributed by atoms with E-state index in [4.69, 9.17) is 18.9 Å². The highest BCUT2D eigenvalue weighted by atomic mass is 32.1. The molecule has 0 amide bonds. The van der Waals surface area contributed by atoms with Gasteiger partial charge >= 0.3 is 5.97 Å². The van der Waals surface area contributed by atoms with Crippen molar-refractivity contribution in [1.29, 1.82) is 0 Å². The number of methoxy groups -OCH3 is 1. The Hall–Kier alpha value is -3.06. The Labute approximate surface area is 167 Å². The zero-order valence-corrected chi connectivity index (χ0v) is 16.5. The second kappa shape index (κ2) is 9.75. The van der Waals surface area contributed by atoms with Crippen molar-refractivity contribution in [3.63, 3.8) is 0 Å². The molecule has 0 unspecified atom stereocenters. The highest BCUT2D eigenvalue weighted by molar-refractivity contribution is 7.13. The van der Waals surface area contributed by atoms with E-state index < -0.39 is 5.97 Å². The second-order valence-corrected chi connectivity index (χ2v) is 6.58. The number of thiazole rings is 1. The molecular formula is C21H21NO5S. The van der Waals surface area contributed by atoms with Gasteiger partial charge in [0.15, 0.2) is 6.61 Å². The van der Waals surface area contributed by atoms with Gasteiger partial charge in [0.25, 0.3) is 0 Å². The molecule has 0 fully saturated rings. The van der Waals surface area contributed by atoms with Crippen molar-refractivity contribution >= 4 is 17.3 Å². The summed E-state index contributed by atoms with van der Waals surface area (Å²) in [6.45, 7) is 2.47. The number of rotatable bonds is 9. The molecule has 0 saturated heterocycles. The Bertz CT molecular complexity index is 890. The predicted octanol–water partition coefficient (Wildman–Crippen LogP) is 4.34. The van der Waals surface area contributed by atoms with E-state index in [2.05, 4.69) is 4.98 Å². The third-order valence-electron chi connectivity index (χ3n) is 3.76. The number of hydrogen-bond acceptors (Lipinski definition) is 7. The summed E-state index contributed by atoms with van der Waals surface area (Å²) in [5, 5.41) is 2.74. The maximum atomic E-state index is 11.9. The lowest BCUT2D eigenvalue weighted by atomic mass is 10.2. The van der Waals surface area contributed by atoms with Crippen LogP contribution in [0.15, 0.2) is 53.9 Å². The molecule has 0 saturated carbocycles. The lowest BCUT2D eigenvalue weighted by molar-refractivity contribution is -0.147. The van der Waals surface area contributed by atoms with Crippen LogP contribution in [0, 0.1) is 0 Å². The Kier molecular flexibility index (Phi) is 6.86. The van der Waals surface area contributed by atoms with Crippen molar-refractivity contribution in [2.75, 3.05) is 20.3 Å². The molecule has 1 heterocycles. The molecule has 0 aliphatic carbocycles. The zero-order valence-electron chi connectivity index (χ0n) is 15.7. The van der Waals surface area contributed by atoms with Gasteiger partial charge in [-0.05, 0) is 55.5 Å². The first-order valence-electron chi connectivity index (χ1n) is 8.78. The first-order valence-corrected chi connectivity index (χ1v) is 9.66.